The third kappa shape index (κ3) is 5.25. The summed E-state index contributed by atoms with van der Waals surface area (Å²) >= 11 is 0. The van der Waals surface area contributed by atoms with Crippen LogP contribution in [0.2, 0.25) is 0 Å². The lowest BCUT2D eigenvalue weighted by atomic mass is 9.85. The number of aryl methyl sites for hydroxylation is 1. The number of carbonyl (C=O) groups excluding carboxylic acids is 1. The molecule has 35 heavy (non-hydrogen) atoms. The average molecular weight is 487 g/mol. The third-order valence-corrected chi connectivity index (χ3v) is 6.48. The van der Waals surface area contributed by atoms with Crippen molar-refractivity contribution >= 4 is 38.7 Å². The van der Waals surface area contributed by atoms with E-state index in [0.29, 0.717) is 12.2 Å². The van der Waals surface area contributed by atoms with Gasteiger partial charge < -0.3 is 4.74 Å². The molecule has 0 aliphatic carbocycles. The molecule has 0 amide bonds. The maximum Gasteiger partial charge on any atom is 0.335 e. The molecule has 0 radical (unpaired) electrons. The van der Waals surface area contributed by atoms with Crippen molar-refractivity contribution in [3.63, 3.8) is 0 Å². The summed E-state index contributed by atoms with van der Waals surface area (Å²) in [5, 5.41) is 8.07. The van der Waals surface area contributed by atoms with E-state index in [9.17, 15) is 13.2 Å². The number of rotatable bonds is 8. The lowest BCUT2D eigenvalue weighted by molar-refractivity contribution is -0.128. The van der Waals surface area contributed by atoms with Crippen LogP contribution in [0.1, 0.15) is 41.2 Å². The Bertz CT molecular complexity index is 1520. The van der Waals surface area contributed by atoms with Gasteiger partial charge in [0.2, 0.25) is 0 Å². The van der Waals surface area contributed by atoms with Crippen molar-refractivity contribution in [1.82, 2.24) is 10.2 Å². The Kier molecular flexibility index (Phi) is 7.27. The number of para-hydroxylation sites is 1. The molecule has 1 N–H and O–H groups in total. The van der Waals surface area contributed by atoms with Crippen molar-refractivity contribution in [3.05, 3.63) is 107 Å². The number of hydrogen-bond acceptors (Lipinski definition) is 5. The Morgan fingerprint density at radius 2 is 1.89 bits per heavy atom. The number of esters is 1. The van der Waals surface area contributed by atoms with Gasteiger partial charge in [0.25, 0.3) is 0 Å². The largest absolute Gasteiger partial charge is 0.423 e. The van der Waals surface area contributed by atoms with Crippen molar-refractivity contribution < 1.29 is 17.9 Å². The lowest BCUT2D eigenvalue weighted by Crippen LogP contribution is -2.06. The molecule has 0 fully saturated rings. The fourth-order valence-corrected chi connectivity index (χ4v) is 4.74. The Morgan fingerprint density at radius 3 is 2.63 bits per heavy atom. The summed E-state index contributed by atoms with van der Waals surface area (Å²) in [5.41, 5.74) is 7.20. The van der Waals surface area contributed by atoms with E-state index in [1.54, 1.807) is 12.3 Å². The van der Waals surface area contributed by atoms with E-state index < -0.39 is 16.7 Å². The number of nitrogens with one attached hydrogen (secondary N) is 1. The van der Waals surface area contributed by atoms with Gasteiger partial charge in [-0.1, -0.05) is 56.0 Å². The minimum absolute atomic E-state index is 0.0244. The minimum Gasteiger partial charge on any atom is -0.423 e. The van der Waals surface area contributed by atoms with Crippen molar-refractivity contribution in [2.24, 2.45) is 0 Å². The molecular weight excluding hydrogens is 460 g/mol. The lowest BCUT2D eigenvalue weighted by Gasteiger charge is -2.20. The molecule has 0 aliphatic heterocycles. The summed E-state index contributed by atoms with van der Waals surface area (Å²) in [6.07, 6.45) is 3.56. The van der Waals surface area contributed by atoms with Crippen LogP contribution >= 0.6 is 0 Å². The second-order valence-corrected chi connectivity index (χ2v) is 9.12. The van der Waals surface area contributed by atoms with Gasteiger partial charge in [-0.25, -0.2) is 13.2 Å². The molecule has 4 rings (SSSR count). The Labute approximate surface area is 205 Å². The SMILES string of the molecule is C=CC(=O)Oc1ccccc1/C(=C(\CC)c1cc(C[SH](=O)=O)ccc1C)c1ccc2[nH]ncc2c1. The van der Waals surface area contributed by atoms with Crippen molar-refractivity contribution in [3.8, 4) is 5.75 Å². The van der Waals surface area contributed by atoms with Gasteiger partial charge in [0.05, 0.1) is 17.5 Å². The minimum atomic E-state index is -2.55. The molecule has 0 atom stereocenters. The molecule has 3 aromatic carbocycles. The molecule has 0 saturated heterocycles. The van der Waals surface area contributed by atoms with E-state index in [1.165, 1.54) is 0 Å². The van der Waals surface area contributed by atoms with E-state index in [0.717, 1.165) is 55.9 Å². The fraction of sp³-hybridized carbons (Fsp3) is 0.143. The molecule has 7 heteroatoms. The molecule has 1 aromatic heterocycles. The molecule has 0 bridgehead atoms. The number of ether oxygens (including phenoxy) is 1. The Hall–Kier alpha value is -3.97. The zero-order chi connectivity index (χ0) is 24.9. The zero-order valence-corrected chi connectivity index (χ0v) is 20.5. The molecule has 6 nitrogen and oxygen atoms in total. The Balaban J connectivity index is 2.05. The van der Waals surface area contributed by atoms with Crippen LogP contribution in [-0.2, 0) is 21.3 Å². The number of allylic oxidation sites excluding steroid dienone is 1. The van der Waals surface area contributed by atoms with Crippen LogP contribution in [0.25, 0.3) is 22.0 Å². The first-order valence-corrected chi connectivity index (χ1v) is 12.6. The number of carbonyl (C=O) groups is 1. The monoisotopic (exact) mass is 486 g/mol. The van der Waals surface area contributed by atoms with Crippen LogP contribution in [0.3, 0.4) is 0 Å². The van der Waals surface area contributed by atoms with Crippen LogP contribution < -0.4 is 4.74 Å². The Morgan fingerprint density at radius 1 is 1.09 bits per heavy atom. The second kappa shape index (κ2) is 10.5. The quantitative estimate of drug-likeness (QED) is 0.114. The summed E-state index contributed by atoms with van der Waals surface area (Å²) in [6.45, 7) is 7.58. The summed E-state index contributed by atoms with van der Waals surface area (Å²) in [5.74, 6) is -0.150. The van der Waals surface area contributed by atoms with Gasteiger partial charge >= 0.3 is 5.97 Å². The van der Waals surface area contributed by atoms with Gasteiger partial charge in [-0.15, -0.1) is 0 Å². The average Bonchev–Trinajstić information content (AvgIpc) is 3.32. The smallest absolute Gasteiger partial charge is 0.335 e. The summed E-state index contributed by atoms with van der Waals surface area (Å²) in [6, 6.07) is 19.1. The van der Waals surface area contributed by atoms with Gasteiger partial charge in [0.15, 0.2) is 0 Å². The summed E-state index contributed by atoms with van der Waals surface area (Å²) < 4.78 is 28.4. The first kappa shape index (κ1) is 24.2. The summed E-state index contributed by atoms with van der Waals surface area (Å²) in [4.78, 5) is 12.1. The highest BCUT2D eigenvalue weighted by atomic mass is 32.2. The number of hydrogen-bond donors (Lipinski definition) is 2. The first-order valence-electron chi connectivity index (χ1n) is 11.2. The highest BCUT2D eigenvalue weighted by molar-refractivity contribution is 7.71. The predicted octanol–water partition coefficient (Wildman–Crippen LogP) is 5.44. The molecule has 0 spiro atoms. The van der Waals surface area contributed by atoms with Crippen LogP contribution in [-0.4, -0.2) is 24.6 Å². The highest BCUT2D eigenvalue weighted by Gasteiger charge is 2.20. The number of aromatic amines is 1. The zero-order valence-electron chi connectivity index (χ0n) is 19.6. The highest BCUT2D eigenvalue weighted by Crippen LogP contribution is 2.40. The van der Waals surface area contributed by atoms with Crippen LogP contribution in [0.5, 0.6) is 5.75 Å². The summed E-state index contributed by atoms with van der Waals surface area (Å²) in [7, 11) is -2.55. The molecule has 0 aliphatic rings. The van der Waals surface area contributed by atoms with E-state index in [2.05, 4.69) is 23.7 Å². The van der Waals surface area contributed by atoms with Crippen molar-refractivity contribution in [2.75, 3.05) is 0 Å². The van der Waals surface area contributed by atoms with E-state index >= 15 is 0 Å². The van der Waals surface area contributed by atoms with E-state index in [1.807, 2.05) is 61.5 Å². The maximum absolute atomic E-state index is 12.1. The number of H-pyrrole nitrogens is 1. The van der Waals surface area contributed by atoms with Crippen LogP contribution in [0.4, 0.5) is 0 Å². The number of thiol groups is 1. The van der Waals surface area contributed by atoms with E-state index in [4.69, 9.17) is 4.74 Å². The molecule has 0 saturated carbocycles. The molecule has 4 aromatic rings. The van der Waals surface area contributed by atoms with Crippen molar-refractivity contribution in [2.45, 2.75) is 26.0 Å². The topological polar surface area (TPSA) is 89.1 Å². The molecule has 178 valence electrons. The van der Waals surface area contributed by atoms with Crippen LogP contribution in [0, 0.1) is 6.92 Å². The van der Waals surface area contributed by atoms with Crippen LogP contribution in [0.15, 0.2) is 79.5 Å². The predicted molar refractivity (Wildman–Crippen MR) is 140 cm³/mol. The van der Waals surface area contributed by atoms with E-state index in [-0.39, 0.29) is 5.75 Å². The normalized spacial score (nSPS) is 12.0. The molecule has 1 heterocycles. The third-order valence-electron chi connectivity index (χ3n) is 5.86. The van der Waals surface area contributed by atoms with Crippen molar-refractivity contribution in [1.29, 1.82) is 0 Å². The molecule has 0 unspecified atom stereocenters. The number of benzene rings is 3. The molecular formula is C28H26N2O4S. The fourth-order valence-electron chi connectivity index (χ4n) is 4.25. The number of aromatic nitrogens is 2. The van der Waals surface area contributed by atoms with Gasteiger partial charge in [-0.2, -0.15) is 5.10 Å². The number of fused-ring (bicyclic) bond motifs is 1. The van der Waals surface area contributed by atoms with Gasteiger partial charge in [0.1, 0.15) is 16.5 Å². The van der Waals surface area contributed by atoms with Gasteiger partial charge in [-0.05, 0) is 64.9 Å². The standard InChI is InChI=1S/C28H26N2O4S/c1-4-22(24-14-19(17-35(32)33)11-10-18(24)3)28(20-12-13-25-21(15-20)16-29-30-25)23-8-6-7-9-26(23)34-27(31)5-2/h5-16,35H,2,4,17H2,1,3H3,(H,29,30)/b28-22+. The number of nitrogens with zero attached hydrogens (tertiary/aromatic N) is 1. The maximum atomic E-state index is 12.1. The first-order chi connectivity index (χ1) is 16.9. The second-order valence-electron chi connectivity index (χ2n) is 8.14. The van der Waals surface area contributed by atoms with Gasteiger partial charge in [0, 0.05) is 17.0 Å². The van der Waals surface area contributed by atoms with Gasteiger partial charge in [-0.3, -0.25) is 5.10 Å².